The van der Waals surface area contributed by atoms with Crippen LogP contribution in [-0.4, -0.2) is 29.0 Å². The van der Waals surface area contributed by atoms with Crippen LogP contribution in [0.5, 0.6) is 0 Å². The zero-order valence-electron chi connectivity index (χ0n) is 8.59. The Kier molecular flexibility index (Phi) is 2.99. The molecular weight excluding hydrogens is 198 g/mol. The van der Waals surface area contributed by atoms with E-state index in [4.69, 9.17) is 20.1 Å². The summed E-state index contributed by atoms with van der Waals surface area (Å²) >= 11 is 0. The van der Waals surface area contributed by atoms with E-state index in [-0.39, 0.29) is 18.6 Å². The molecular formula is C9H15N3O3. The number of aliphatic hydroxyl groups is 1. The lowest BCUT2D eigenvalue weighted by Crippen LogP contribution is -2.15. The summed E-state index contributed by atoms with van der Waals surface area (Å²) in [7, 11) is 1.63. The van der Waals surface area contributed by atoms with E-state index in [0.717, 1.165) is 12.8 Å². The van der Waals surface area contributed by atoms with Crippen molar-refractivity contribution in [1.82, 2.24) is 10.1 Å². The van der Waals surface area contributed by atoms with Gasteiger partial charge in [0.25, 0.3) is 0 Å². The number of nitrogens with two attached hydrogens (primary N) is 1. The number of ether oxygens (including phenoxy) is 1. The average Bonchev–Trinajstić information content (AvgIpc) is 2.96. The minimum Gasteiger partial charge on any atom is -0.394 e. The van der Waals surface area contributed by atoms with Crippen LogP contribution >= 0.6 is 0 Å². The standard InChI is InChI=1S/C9H15N3O3/c1-14-7(5-2-3-5)8-11-9(15-12-8)6(10)4-13/h5-7,13H,2-4,10H2,1H3/t6-,7?/m0/s1. The lowest BCUT2D eigenvalue weighted by Gasteiger charge is -2.08. The molecule has 84 valence electrons. The lowest BCUT2D eigenvalue weighted by molar-refractivity contribution is 0.0751. The molecule has 6 heteroatoms. The molecule has 1 fully saturated rings. The molecule has 1 heterocycles. The van der Waals surface area contributed by atoms with Crippen molar-refractivity contribution in [2.75, 3.05) is 13.7 Å². The van der Waals surface area contributed by atoms with Gasteiger partial charge in [-0.1, -0.05) is 5.16 Å². The van der Waals surface area contributed by atoms with Gasteiger partial charge >= 0.3 is 0 Å². The fourth-order valence-electron chi connectivity index (χ4n) is 1.50. The fraction of sp³-hybridized carbons (Fsp3) is 0.778. The number of nitrogens with zero attached hydrogens (tertiary/aromatic N) is 2. The lowest BCUT2D eigenvalue weighted by atomic mass is 10.2. The Morgan fingerprint density at radius 2 is 2.40 bits per heavy atom. The second-order valence-electron chi connectivity index (χ2n) is 3.77. The van der Waals surface area contributed by atoms with E-state index in [1.807, 2.05) is 0 Å². The minimum absolute atomic E-state index is 0.103. The van der Waals surface area contributed by atoms with Gasteiger partial charge in [-0.3, -0.25) is 0 Å². The molecule has 2 rings (SSSR count). The quantitative estimate of drug-likeness (QED) is 0.723. The Morgan fingerprint density at radius 3 is 2.93 bits per heavy atom. The van der Waals surface area contributed by atoms with Crippen molar-refractivity contribution in [3.05, 3.63) is 11.7 Å². The topological polar surface area (TPSA) is 94.4 Å². The molecule has 0 bridgehead atoms. The largest absolute Gasteiger partial charge is 0.394 e. The van der Waals surface area contributed by atoms with E-state index in [0.29, 0.717) is 11.7 Å². The van der Waals surface area contributed by atoms with Crippen molar-refractivity contribution in [2.45, 2.75) is 25.0 Å². The molecule has 2 atom stereocenters. The zero-order valence-corrected chi connectivity index (χ0v) is 8.59. The first-order valence-corrected chi connectivity index (χ1v) is 4.99. The van der Waals surface area contributed by atoms with Gasteiger partial charge in [0.2, 0.25) is 11.7 Å². The van der Waals surface area contributed by atoms with E-state index >= 15 is 0 Å². The summed E-state index contributed by atoms with van der Waals surface area (Å²) in [6, 6.07) is -0.608. The SMILES string of the molecule is COC(c1noc([C@@H](N)CO)n1)C1CC1. The van der Waals surface area contributed by atoms with E-state index in [2.05, 4.69) is 10.1 Å². The van der Waals surface area contributed by atoms with Gasteiger partial charge in [-0.15, -0.1) is 0 Å². The fourth-order valence-corrected chi connectivity index (χ4v) is 1.50. The summed E-state index contributed by atoms with van der Waals surface area (Å²) in [5.74, 6) is 1.28. The predicted octanol–water partition coefficient (Wildman–Crippen LogP) is 0.159. The van der Waals surface area contributed by atoms with Crippen molar-refractivity contribution >= 4 is 0 Å². The summed E-state index contributed by atoms with van der Waals surface area (Å²) in [5, 5.41) is 12.6. The summed E-state index contributed by atoms with van der Waals surface area (Å²) in [6.45, 7) is -0.206. The Labute approximate surface area is 87.4 Å². The molecule has 6 nitrogen and oxygen atoms in total. The van der Waals surface area contributed by atoms with Crippen molar-refractivity contribution in [2.24, 2.45) is 11.7 Å². The molecule has 1 aliphatic carbocycles. The van der Waals surface area contributed by atoms with Crippen LogP contribution in [0.2, 0.25) is 0 Å². The second-order valence-corrected chi connectivity index (χ2v) is 3.77. The summed E-state index contributed by atoms with van der Waals surface area (Å²) < 4.78 is 10.3. The van der Waals surface area contributed by atoms with Crippen molar-refractivity contribution in [3.63, 3.8) is 0 Å². The third kappa shape index (κ3) is 2.17. The van der Waals surface area contributed by atoms with Gasteiger partial charge in [-0.2, -0.15) is 4.98 Å². The van der Waals surface area contributed by atoms with Crippen LogP contribution in [0.4, 0.5) is 0 Å². The van der Waals surface area contributed by atoms with Crippen LogP contribution in [0.3, 0.4) is 0 Å². The number of hydrogen-bond acceptors (Lipinski definition) is 6. The number of aliphatic hydroxyl groups excluding tert-OH is 1. The highest BCUT2D eigenvalue weighted by Crippen LogP contribution is 2.41. The molecule has 0 amide bonds. The Morgan fingerprint density at radius 1 is 1.67 bits per heavy atom. The molecule has 0 aliphatic heterocycles. The predicted molar refractivity (Wildman–Crippen MR) is 50.8 cm³/mol. The van der Waals surface area contributed by atoms with Gasteiger partial charge < -0.3 is 20.1 Å². The van der Waals surface area contributed by atoms with Crippen LogP contribution in [0.25, 0.3) is 0 Å². The summed E-state index contributed by atoms with van der Waals surface area (Å²) in [6.07, 6.45) is 2.16. The van der Waals surface area contributed by atoms with Crippen LogP contribution in [0, 0.1) is 5.92 Å². The third-order valence-corrected chi connectivity index (χ3v) is 2.53. The van der Waals surface area contributed by atoms with Gasteiger partial charge in [-0.05, 0) is 18.8 Å². The molecule has 0 saturated heterocycles. The van der Waals surface area contributed by atoms with Crippen molar-refractivity contribution < 1.29 is 14.4 Å². The molecule has 1 aromatic rings. The van der Waals surface area contributed by atoms with Crippen LogP contribution < -0.4 is 5.73 Å². The Hall–Kier alpha value is -0.980. The maximum atomic E-state index is 8.83. The van der Waals surface area contributed by atoms with E-state index in [9.17, 15) is 0 Å². The minimum atomic E-state index is -0.608. The van der Waals surface area contributed by atoms with Gasteiger partial charge in [0.1, 0.15) is 12.1 Å². The number of rotatable bonds is 5. The first-order valence-electron chi connectivity index (χ1n) is 4.99. The molecule has 1 saturated carbocycles. The number of methoxy groups -OCH3 is 1. The molecule has 0 aromatic carbocycles. The molecule has 1 aliphatic rings. The summed E-state index contributed by atoms with van der Waals surface area (Å²) in [4.78, 5) is 4.13. The Bertz CT molecular complexity index is 324. The first kappa shape index (κ1) is 10.5. The van der Waals surface area contributed by atoms with Crippen LogP contribution in [0.15, 0.2) is 4.52 Å². The molecule has 1 unspecified atom stereocenters. The highest BCUT2D eigenvalue weighted by atomic mass is 16.5. The molecule has 3 N–H and O–H groups in total. The second kappa shape index (κ2) is 4.26. The molecule has 15 heavy (non-hydrogen) atoms. The normalized spacial score (nSPS) is 20.2. The van der Waals surface area contributed by atoms with Crippen molar-refractivity contribution in [1.29, 1.82) is 0 Å². The number of aromatic nitrogens is 2. The van der Waals surface area contributed by atoms with Crippen molar-refractivity contribution in [3.8, 4) is 0 Å². The maximum Gasteiger partial charge on any atom is 0.246 e. The van der Waals surface area contributed by atoms with Gasteiger partial charge in [-0.25, -0.2) is 0 Å². The number of hydrogen-bond donors (Lipinski definition) is 2. The highest BCUT2D eigenvalue weighted by Gasteiger charge is 2.35. The van der Waals surface area contributed by atoms with Crippen LogP contribution in [-0.2, 0) is 4.74 Å². The van der Waals surface area contributed by atoms with E-state index < -0.39 is 6.04 Å². The Balaban J connectivity index is 2.10. The molecule has 0 spiro atoms. The van der Waals surface area contributed by atoms with E-state index in [1.54, 1.807) is 7.11 Å². The van der Waals surface area contributed by atoms with Gasteiger partial charge in [0.05, 0.1) is 6.61 Å². The van der Waals surface area contributed by atoms with Gasteiger partial charge in [0.15, 0.2) is 0 Å². The van der Waals surface area contributed by atoms with Gasteiger partial charge in [0, 0.05) is 7.11 Å². The first-order chi connectivity index (χ1) is 7.26. The molecule has 0 radical (unpaired) electrons. The molecule has 1 aromatic heterocycles. The highest BCUT2D eigenvalue weighted by molar-refractivity contribution is 5.00. The van der Waals surface area contributed by atoms with Crippen LogP contribution in [0.1, 0.15) is 36.7 Å². The monoisotopic (exact) mass is 213 g/mol. The average molecular weight is 213 g/mol. The third-order valence-electron chi connectivity index (χ3n) is 2.53. The smallest absolute Gasteiger partial charge is 0.246 e. The summed E-state index contributed by atoms with van der Waals surface area (Å²) in [5.41, 5.74) is 5.55. The zero-order chi connectivity index (χ0) is 10.8. The maximum absolute atomic E-state index is 8.83. The van der Waals surface area contributed by atoms with E-state index in [1.165, 1.54) is 0 Å².